The SMILES string of the molecule is COc1cc(C(=O)NNC(=O)COc2ccc(F)cc2)cc2c1OCCO2. The minimum atomic E-state index is -0.586. The molecule has 0 aromatic heterocycles. The van der Waals surface area contributed by atoms with E-state index in [0.29, 0.717) is 36.2 Å². The first-order valence-electron chi connectivity index (χ1n) is 8.02. The molecule has 2 aromatic carbocycles. The number of amides is 2. The van der Waals surface area contributed by atoms with Crippen molar-refractivity contribution in [2.45, 2.75) is 0 Å². The van der Waals surface area contributed by atoms with Crippen molar-refractivity contribution in [1.29, 1.82) is 0 Å². The summed E-state index contributed by atoms with van der Waals surface area (Å²) in [5.74, 6) is -0.0713. The third-order valence-electron chi connectivity index (χ3n) is 3.59. The predicted octanol–water partition coefficient (Wildman–Crippen LogP) is 1.45. The molecule has 0 radical (unpaired) electrons. The molecular weight excluding hydrogens is 359 g/mol. The zero-order valence-corrected chi connectivity index (χ0v) is 14.4. The molecule has 0 unspecified atom stereocenters. The highest BCUT2D eigenvalue weighted by molar-refractivity contribution is 5.96. The summed E-state index contributed by atoms with van der Waals surface area (Å²) >= 11 is 0. The van der Waals surface area contributed by atoms with Crippen molar-refractivity contribution in [3.8, 4) is 23.0 Å². The van der Waals surface area contributed by atoms with Gasteiger partial charge >= 0.3 is 0 Å². The molecule has 1 heterocycles. The molecule has 0 atom stereocenters. The molecule has 1 aliphatic rings. The van der Waals surface area contributed by atoms with E-state index >= 15 is 0 Å². The van der Waals surface area contributed by atoms with Crippen molar-refractivity contribution in [3.05, 3.63) is 47.8 Å². The lowest BCUT2D eigenvalue weighted by Gasteiger charge is -2.21. The van der Waals surface area contributed by atoms with E-state index in [-0.39, 0.29) is 12.2 Å². The number of carbonyl (C=O) groups excluding carboxylic acids is 2. The predicted molar refractivity (Wildman–Crippen MR) is 91.5 cm³/mol. The fourth-order valence-electron chi connectivity index (χ4n) is 2.32. The number of fused-ring (bicyclic) bond motifs is 1. The second kappa shape index (κ2) is 8.26. The Bertz CT molecular complexity index is 823. The van der Waals surface area contributed by atoms with Gasteiger partial charge in [-0.1, -0.05) is 0 Å². The van der Waals surface area contributed by atoms with Crippen LogP contribution >= 0.6 is 0 Å². The molecule has 0 saturated heterocycles. The normalized spacial score (nSPS) is 12.1. The summed E-state index contributed by atoms with van der Waals surface area (Å²) < 4.78 is 34.1. The number of benzene rings is 2. The fourth-order valence-corrected chi connectivity index (χ4v) is 2.32. The van der Waals surface area contributed by atoms with Crippen LogP contribution < -0.4 is 29.8 Å². The van der Waals surface area contributed by atoms with E-state index in [2.05, 4.69) is 10.9 Å². The summed E-state index contributed by atoms with van der Waals surface area (Å²) in [7, 11) is 1.45. The first-order chi connectivity index (χ1) is 13.1. The molecule has 2 N–H and O–H groups in total. The Labute approximate surface area is 154 Å². The molecule has 0 aliphatic carbocycles. The highest BCUT2D eigenvalue weighted by atomic mass is 19.1. The Morgan fingerprint density at radius 3 is 2.59 bits per heavy atom. The van der Waals surface area contributed by atoms with Crippen LogP contribution in [0.5, 0.6) is 23.0 Å². The summed E-state index contributed by atoms with van der Waals surface area (Å²) in [6, 6.07) is 8.18. The van der Waals surface area contributed by atoms with E-state index in [1.54, 1.807) is 0 Å². The van der Waals surface area contributed by atoms with Crippen LogP contribution in [0.2, 0.25) is 0 Å². The van der Waals surface area contributed by atoms with Crippen LogP contribution in [0, 0.1) is 5.82 Å². The monoisotopic (exact) mass is 376 g/mol. The summed E-state index contributed by atoms with van der Waals surface area (Å²) in [4.78, 5) is 24.0. The van der Waals surface area contributed by atoms with Gasteiger partial charge in [0.25, 0.3) is 11.8 Å². The molecule has 2 amide bonds. The van der Waals surface area contributed by atoms with Crippen LogP contribution in [0.15, 0.2) is 36.4 Å². The van der Waals surface area contributed by atoms with Crippen LogP contribution in [-0.2, 0) is 4.79 Å². The van der Waals surface area contributed by atoms with E-state index in [1.165, 1.54) is 43.5 Å². The van der Waals surface area contributed by atoms with Crippen molar-refractivity contribution in [2.24, 2.45) is 0 Å². The molecule has 3 rings (SSSR count). The minimum Gasteiger partial charge on any atom is -0.493 e. The van der Waals surface area contributed by atoms with Crippen molar-refractivity contribution in [1.82, 2.24) is 10.9 Å². The number of nitrogens with one attached hydrogen (secondary N) is 2. The third-order valence-corrected chi connectivity index (χ3v) is 3.59. The van der Waals surface area contributed by atoms with Gasteiger partial charge in [-0.05, 0) is 36.4 Å². The molecular formula is C18H17FN2O6. The van der Waals surface area contributed by atoms with Crippen molar-refractivity contribution in [3.63, 3.8) is 0 Å². The van der Waals surface area contributed by atoms with Gasteiger partial charge in [-0.15, -0.1) is 0 Å². The van der Waals surface area contributed by atoms with Crippen molar-refractivity contribution >= 4 is 11.8 Å². The smallest absolute Gasteiger partial charge is 0.276 e. The molecule has 0 fully saturated rings. The fraction of sp³-hybridized carbons (Fsp3) is 0.222. The van der Waals surface area contributed by atoms with Gasteiger partial charge in [-0.25, -0.2) is 4.39 Å². The zero-order valence-electron chi connectivity index (χ0n) is 14.4. The summed E-state index contributed by atoms with van der Waals surface area (Å²) in [5, 5.41) is 0. The first-order valence-corrected chi connectivity index (χ1v) is 8.02. The van der Waals surface area contributed by atoms with Gasteiger partial charge < -0.3 is 18.9 Å². The van der Waals surface area contributed by atoms with Gasteiger partial charge in [-0.2, -0.15) is 0 Å². The highest BCUT2D eigenvalue weighted by Crippen LogP contribution is 2.40. The van der Waals surface area contributed by atoms with Crippen LogP contribution in [-0.4, -0.2) is 38.7 Å². The Morgan fingerprint density at radius 2 is 1.85 bits per heavy atom. The standard InChI is InChI=1S/C18H17FN2O6/c1-24-14-8-11(9-15-17(14)26-7-6-25-15)18(23)21-20-16(22)10-27-13-4-2-12(19)3-5-13/h2-5,8-9H,6-7,10H2,1H3,(H,20,22)(H,21,23). The third kappa shape index (κ3) is 4.57. The number of halogens is 1. The minimum absolute atomic E-state index is 0.218. The number of ether oxygens (including phenoxy) is 4. The van der Waals surface area contributed by atoms with Crippen LogP contribution in [0.25, 0.3) is 0 Å². The maximum Gasteiger partial charge on any atom is 0.276 e. The average molecular weight is 376 g/mol. The number of hydrazine groups is 1. The number of hydrogen-bond acceptors (Lipinski definition) is 6. The van der Waals surface area contributed by atoms with E-state index in [1.807, 2.05) is 0 Å². The van der Waals surface area contributed by atoms with E-state index in [4.69, 9.17) is 18.9 Å². The Balaban J connectivity index is 1.55. The molecule has 27 heavy (non-hydrogen) atoms. The summed E-state index contributed by atoms with van der Waals surface area (Å²) in [6.45, 7) is 0.397. The first kappa shape index (κ1) is 18.3. The van der Waals surface area contributed by atoms with E-state index in [9.17, 15) is 14.0 Å². The lowest BCUT2D eigenvalue weighted by Crippen LogP contribution is -2.43. The van der Waals surface area contributed by atoms with E-state index < -0.39 is 17.6 Å². The Kier molecular flexibility index (Phi) is 5.60. The zero-order chi connectivity index (χ0) is 19.2. The van der Waals surface area contributed by atoms with Gasteiger partial charge in [-0.3, -0.25) is 20.4 Å². The molecule has 0 spiro atoms. The summed E-state index contributed by atoms with van der Waals surface area (Å²) in [6.07, 6.45) is 0. The largest absolute Gasteiger partial charge is 0.493 e. The number of hydrogen-bond donors (Lipinski definition) is 2. The van der Waals surface area contributed by atoms with Crippen LogP contribution in [0.1, 0.15) is 10.4 Å². The van der Waals surface area contributed by atoms with Crippen LogP contribution in [0.4, 0.5) is 4.39 Å². The molecule has 142 valence electrons. The summed E-state index contributed by atoms with van der Waals surface area (Å²) in [5.41, 5.74) is 4.72. The van der Waals surface area contributed by atoms with Gasteiger partial charge in [0.05, 0.1) is 7.11 Å². The lowest BCUT2D eigenvalue weighted by molar-refractivity contribution is -0.123. The Hall–Kier alpha value is -3.49. The maximum absolute atomic E-state index is 12.8. The van der Waals surface area contributed by atoms with Gasteiger partial charge in [0, 0.05) is 5.56 Å². The molecule has 1 aliphatic heterocycles. The molecule has 2 aromatic rings. The number of rotatable bonds is 5. The van der Waals surface area contributed by atoms with Crippen LogP contribution in [0.3, 0.4) is 0 Å². The van der Waals surface area contributed by atoms with Crippen molar-refractivity contribution < 1.29 is 32.9 Å². The number of carbonyl (C=O) groups is 2. The molecule has 9 heteroatoms. The average Bonchev–Trinajstić information content (AvgIpc) is 2.70. The Morgan fingerprint density at radius 1 is 1.11 bits per heavy atom. The lowest BCUT2D eigenvalue weighted by atomic mass is 10.1. The quantitative estimate of drug-likeness (QED) is 0.767. The van der Waals surface area contributed by atoms with Gasteiger partial charge in [0.1, 0.15) is 24.8 Å². The van der Waals surface area contributed by atoms with Gasteiger partial charge in [0.2, 0.25) is 5.75 Å². The molecule has 8 nitrogen and oxygen atoms in total. The number of methoxy groups -OCH3 is 1. The maximum atomic E-state index is 12.8. The van der Waals surface area contributed by atoms with Gasteiger partial charge in [0.15, 0.2) is 18.1 Å². The second-order valence-corrected chi connectivity index (χ2v) is 5.45. The molecule has 0 saturated carbocycles. The molecule has 0 bridgehead atoms. The second-order valence-electron chi connectivity index (χ2n) is 5.45. The van der Waals surface area contributed by atoms with Crippen molar-refractivity contribution in [2.75, 3.05) is 26.9 Å². The van der Waals surface area contributed by atoms with E-state index in [0.717, 1.165) is 0 Å². The topological polar surface area (TPSA) is 95.1 Å². The highest BCUT2D eigenvalue weighted by Gasteiger charge is 2.21.